The summed E-state index contributed by atoms with van der Waals surface area (Å²) in [4.78, 5) is 11.5. The zero-order valence-corrected chi connectivity index (χ0v) is 11.0. The molecule has 19 heavy (non-hydrogen) atoms. The van der Waals surface area contributed by atoms with Crippen LogP contribution in [0, 0.1) is 11.8 Å². The van der Waals surface area contributed by atoms with Gasteiger partial charge in [0.1, 0.15) is 6.61 Å². The number of carbonyl (C=O) groups is 1. The lowest BCUT2D eigenvalue weighted by Crippen LogP contribution is -2.33. The molecule has 1 amide bonds. The van der Waals surface area contributed by atoms with E-state index in [9.17, 15) is 4.79 Å². The number of alkyl carbamates (subject to hydrolysis) is 1. The second kappa shape index (κ2) is 5.61. The molecule has 3 rings (SSSR count). The Kier molecular flexibility index (Phi) is 3.69. The Balaban J connectivity index is 1.31. The van der Waals surface area contributed by atoms with Crippen molar-refractivity contribution in [2.45, 2.75) is 25.5 Å². The van der Waals surface area contributed by atoms with Crippen LogP contribution in [-0.4, -0.2) is 25.2 Å². The first-order chi connectivity index (χ1) is 9.33. The van der Waals surface area contributed by atoms with Gasteiger partial charge in [0.2, 0.25) is 0 Å². The molecule has 1 saturated heterocycles. The normalized spacial score (nSPS) is 27.7. The number of rotatable bonds is 5. The first-order valence-corrected chi connectivity index (χ1v) is 7.01. The Morgan fingerprint density at radius 1 is 1.37 bits per heavy atom. The number of amides is 1. The second-order valence-corrected chi connectivity index (χ2v) is 5.45. The van der Waals surface area contributed by atoms with Crippen LogP contribution in [0.2, 0.25) is 0 Å². The van der Waals surface area contributed by atoms with E-state index in [1.807, 2.05) is 30.3 Å². The molecule has 1 heterocycles. The molecule has 0 bridgehead atoms. The van der Waals surface area contributed by atoms with Crippen LogP contribution in [0.25, 0.3) is 0 Å². The molecule has 0 aromatic heterocycles. The highest BCUT2D eigenvalue weighted by molar-refractivity contribution is 5.67. The standard InChI is InChI=1S/C15H20N2O2/c18-15(19-10-11-4-2-1-3-5-11)16-7-6-14-13-8-12(13)9-17-14/h1-5,12-14,17H,6-10H2,(H,16,18). The van der Waals surface area contributed by atoms with Gasteiger partial charge in [-0.3, -0.25) is 0 Å². The van der Waals surface area contributed by atoms with Crippen molar-refractivity contribution in [1.29, 1.82) is 0 Å². The molecule has 4 heteroatoms. The van der Waals surface area contributed by atoms with Gasteiger partial charge in [0, 0.05) is 12.6 Å². The van der Waals surface area contributed by atoms with Crippen LogP contribution < -0.4 is 10.6 Å². The summed E-state index contributed by atoms with van der Waals surface area (Å²) in [5.74, 6) is 1.78. The maximum absolute atomic E-state index is 11.5. The molecule has 4 nitrogen and oxygen atoms in total. The molecular formula is C15H20N2O2. The molecule has 1 aliphatic carbocycles. The molecular weight excluding hydrogens is 240 g/mol. The fraction of sp³-hybridized carbons (Fsp3) is 0.533. The fourth-order valence-electron chi connectivity index (χ4n) is 2.87. The molecule has 1 saturated carbocycles. The summed E-state index contributed by atoms with van der Waals surface area (Å²) in [6, 6.07) is 10.3. The van der Waals surface area contributed by atoms with Gasteiger partial charge in [-0.25, -0.2) is 4.79 Å². The predicted molar refractivity (Wildman–Crippen MR) is 72.6 cm³/mol. The fourth-order valence-corrected chi connectivity index (χ4v) is 2.87. The van der Waals surface area contributed by atoms with Crippen molar-refractivity contribution in [3.05, 3.63) is 35.9 Å². The molecule has 2 N–H and O–H groups in total. The van der Waals surface area contributed by atoms with Gasteiger partial charge in [0.05, 0.1) is 0 Å². The Bertz CT molecular complexity index is 435. The predicted octanol–water partition coefficient (Wildman–Crippen LogP) is 1.91. The summed E-state index contributed by atoms with van der Waals surface area (Å²) in [5, 5.41) is 6.31. The van der Waals surface area contributed by atoms with Crippen molar-refractivity contribution in [3.63, 3.8) is 0 Å². The zero-order valence-electron chi connectivity index (χ0n) is 11.0. The third kappa shape index (κ3) is 3.26. The van der Waals surface area contributed by atoms with E-state index >= 15 is 0 Å². The number of piperidine rings is 1. The van der Waals surface area contributed by atoms with E-state index in [0.29, 0.717) is 19.2 Å². The molecule has 1 aromatic carbocycles. The Morgan fingerprint density at radius 3 is 2.89 bits per heavy atom. The van der Waals surface area contributed by atoms with E-state index in [-0.39, 0.29) is 6.09 Å². The number of ether oxygens (including phenoxy) is 1. The van der Waals surface area contributed by atoms with Crippen molar-refractivity contribution in [1.82, 2.24) is 10.6 Å². The Hall–Kier alpha value is -1.55. The minimum absolute atomic E-state index is 0.325. The maximum Gasteiger partial charge on any atom is 0.407 e. The van der Waals surface area contributed by atoms with Gasteiger partial charge in [0.25, 0.3) is 0 Å². The highest BCUT2D eigenvalue weighted by atomic mass is 16.5. The van der Waals surface area contributed by atoms with E-state index in [2.05, 4.69) is 10.6 Å². The van der Waals surface area contributed by atoms with Crippen LogP contribution in [0.3, 0.4) is 0 Å². The Morgan fingerprint density at radius 2 is 2.21 bits per heavy atom. The third-order valence-electron chi connectivity index (χ3n) is 4.07. The van der Waals surface area contributed by atoms with E-state index in [0.717, 1.165) is 30.4 Å². The number of benzene rings is 1. The largest absolute Gasteiger partial charge is 0.445 e. The van der Waals surface area contributed by atoms with Gasteiger partial charge >= 0.3 is 6.09 Å². The minimum atomic E-state index is -0.325. The van der Waals surface area contributed by atoms with Crippen LogP contribution in [0.4, 0.5) is 4.79 Å². The number of hydrogen-bond acceptors (Lipinski definition) is 3. The van der Waals surface area contributed by atoms with Gasteiger partial charge in [-0.1, -0.05) is 30.3 Å². The zero-order chi connectivity index (χ0) is 13.1. The van der Waals surface area contributed by atoms with E-state index in [1.165, 1.54) is 6.42 Å². The summed E-state index contributed by atoms with van der Waals surface area (Å²) in [5.41, 5.74) is 1.01. The molecule has 1 aromatic rings. The minimum Gasteiger partial charge on any atom is -0.445 e. The summed E-state index contributed by atoms with van der Waals surface area (Å²) in [7, 11) is 0. The maximum atomic E-state index is 11.5. The number of carbonyl (C=O) groups excluding carboxylic acids is 1. The first-order valence-electron chi connectivity index (χ1n) is 7.01. The van der Waals surface area contributed by atoms with Crippen molar-refractivity contribution < 1.29 is 9.53 Å². The SMILES string of the molecule is O=C(NCCC1NCC2CC21)OCc1ccccc1. The van der Waals surface area contributed by atoms with E-state index < -0.39 is 0 Å². The lowest BCUT2D eigenvalue weighted by molar-refractivity contribution is 0.139. The highest BCUT2D eigenvalue weighted by Gasteiger charge is 2.47. The molecule has 2 fully saturated rings. The second-order valence-electron chi connectivity index (χ2n) is 5.45. The van der Waals surface area contributed by atoms with Crippen LogP contribution in [0.15, 0.2) is 30.3 Å². The topological polar surface area (TPSA) is 50.4 Å². The van der Waals surface area contributed by atoms with Crippen molar-refractivity contribution in [3.8, 4) is 0 Å². The number of nitrogens with one attached hydrogen (secondary N) is 2. The Labute approximate surface area is 113 Å². The van der Waals surface area contributed by atoms with Crippen molar-refractivity contribution >= 4 is 6.09 Å². The van der Waals surface area contributed by atoms with Crippen LogP contribution in [-0.2, 0) is 11.3 Å². The van der Waals surface area contributed by atoms with Crippen molar-refractivity contribution in [2.75, 3.05) is 13.1 Å². The summed E-state index contributed by atoms with van der Waals surface area (Å²) >= 11 is 0. The molecule has 0 spiro atoms. The third-order valence-corrected chi connectivity index (χ3v) is 4.07. The number of hydrogen-bond donors (Lipinski definition) is 2. The van der Waals surface area contributed by atoms with E-state index in [1.54, 1.807) is 0 Å². The summed E-state index contributed by atoms with van der Waals surface area (Å²) in [6.07, 6.45) is 2.05. The molecule has 0 radical (unpaired) electrons. The van der Waals surface area contributed by atoms with Gasteiger partial charge in [-0.2, -0.15) is 0 Å². The molecule has 1 aliphatic heterocycles. The smallest absolute Gasteiger partial charge is 0.407 e. The van der Waals surface area contributed by atoms with Crippen molar-refractivity contribution in [2.24, 2.45) is 11.8 Å². The molecule has 2 aliphatic rings. The van der Waals surface area contributed by atoms with Gasteiger partial charge in [-0.05, 0) is 36.8 Å². The quantitative estimate of drug-likeness (QED) is 0.850. The molecule has 3 atom stereocenters. The monoisotopic (exact) mass is 260 g/mol. The van der Waals surface area contributed by atoms with Crippen LogP contribution >= 0.6 is 0 Å². The first kappa shape index (κ1) is 12.5. The molecule has 102 valence electrons. The van der Waals surface area contributed by atoms with Gasteiger partial charge in [-0.15, -0.1) is 0 Å². The average molecular weight is 260 g/mol. The summed E-state index contributed by atoms with van der Waals surface area (Å²) in [6.45, 7) is 2.18. The van der Waals surface area contributed by atoms with E-state index in [4.69, 9.17) is 4.74 Å². The molecule has 3 unspecified atom stereocenters. The number of fused-ring (bicyclic) bond motifs is 1. The summed E-state index contributed by atoms with van der Waals surface area (Å²) < 4.78 is 5.16. The lowest BCUT2D eigenvalue weighted by Gasteiger charge is -2.13. The van der Waals surface area contributed by atoms with Gasteiger partial charge in [0.15, 0.2) is 0 Å². The van der Waals surface area contributed by atoms with Gasteiger partial charge < -0.3 is 15.4 Å². The van der Waals surface area contributed by atoms with Crippen LogP contribution in [0.1, 0.15) is 18.4 Å². The lowest BCUT2D eigenvalue weighted by atomic mass is 10.1. The van der Waals surface area contributed by atoms with Crippen LogP contribution in [0.5, 0.6) is 0 Å². The highest BCUT2D eigenvalue weighted by Crippen LogP contribution is 2.45. The average Bonchev–Trinajstić information content (AvgIpc) is 3.12.